The number of rotatable bonds is 11. The third kappa shape index (κ3) is 7.09. The second-order valence-electron chi connectivity index (χ2n) is 10.3. The van der Waals surface area contributed by atoms with Crippen LogP contribution in [0.1, 0.15) is 113 Å². The lowest BCUT2D eigenvalue weighted by atomic mass is 9.77. The fourth-order valence-electron chi connectivity index (χ4n) is 5.56. The SMILES string of the molecule is CCCCCCOc1ccc(C2OCC(c3ccc([C@H]4CC[C@H](CCC)CC4)cc3)CO2)cc1. The predicted molar refractivity (Wildman–Crippen MR) is 140 cm³/mol. The van der Waals surface area contributed by atoms with E-state index in [2.05, 4.69) is 50.2 Å². The number of hydrogen-bond acceptors (Lipinski definition) is 3. The van der Waals surface area contributed by atoms with Crippen molar-refractivity contribution in [3.8, 4) is 5.75 Å². The fourth-order valence-corrected chi connectivity index (χ4v) is 5.56. The van der Waals surface area contributed by atoms with Crippen molar-refractivity contribution in [2.75, 3.05) is 19.8 Å². The van der Waals surface area contributed by atoms with E-state index in [4.69, 9.17) is 14.2 Å². The van der Waals surface area contributed by atoms with E-state index in [9.17, 15) is 0 Å². The lowest BCUT2D eigenvalue weighted by molar-refractivity contribution is -0.191. The van der Waals surface area contributed by atoms with Crippen LogP contribution in [-0.4, -0.2) is 19.8 Å². The molecule has 3 heteroatoms. The van der Waals surface area contributed by atoms with E-state index in [1.165, 1.54) is 68.9 Å². The van der Waals surface area contributed by atoms with Crippen molar-refractivity contribution in [3.05, 3.63) is 65.2 Å². The smallest absolute Gasteiger partial charge is 0.183 e. The fraction of sp³-hybridized carbons (Fsp3) is 0.613. The molecule has 2 aromatic rings. The van der Waals surface area contributed by atoms with Gasteiger partial charge in [0.1, 0.15) is 5.75 Å². The molecule has 3 nitrogen and oxygen atoms in total. The first-order chi connectivity index (χ1) is 16.8. The summed E-state index contributed by atoms with van der Waals surface area (Å²) >= 11 is 0. The van der Waals surface area contributed by atoms with Gasteiger partial charge < -0.3 is 14.2 Å². The Kier molecular flexibility index (Phi) is 9.88. The van der Waals surface area contributed by atoms with Crippen molar-refractivity contribution < 1.29 is 14.2 Å². The molecule has 0 N–H and O–H groups in total. The van der Waals surface area contributed by atoms with Crippen LogP contribution < -0.4 is 4.74 Å². The highest BCUT2D eigenvalue weighted by atomic mass is 16.7. The molecule has 2 aliphatic rings. The van der Waals surface area contributed by atoms with Crippen molar-refractivity contribution in [3.63, 3.8) is 0 Å². The van der Waals surface area contributed by atoms with Crippen LogP contribution in [0.3, 0.4) is 0 Å². The summed E-state index contributed by atoms with van der Waals surface area (Å²) in [5.41, 5.74) is 3.90. The third-order valence-electron chi connectivity index (χ3n) is 7.74. The summed E-state index contributed by atoms with van der Waals surface area (Å²) < 4.78 is 18.1. The molecule has 0 spiro atoms. The monoisotopic (exact) mass is 464 g/mol. The molecule has 0 unspecified atom stereocenters. The van der Waals surface area contributed by atoms with Crippen LogP contribution in [-0.2, 0) is 9.47 Å². The average Bonchev–Trinajstić information content (AvgIpc) is 2.90. The highest BCUT2D eigenvalue weighted by molar-refractivity contribution is 5.30. The molecule has 1 aliphatic carbocycles. The molecule has 0 amide bonds. The van der Waals surface area contributed by atoms with Crippen molar-refractivity contribution >= 4 is 0 Å². The molecule has 1 aliphatic heterocycles. The van der Waals surface area contributed by atoms with Gasteiger partial charge in [-0.3, -0.25) is 0 Å². The van der Waals surface area contributed by atoms with E-state index in [0.29, 0.717) is 19.1 Å². The van der Waals surface area contributed by atoms with E-state index >= 15 is 0 Å². The normalized spacial score (nSPS) is 25.2. The maximum Gasteiger partial charge on any atom is 0.183 e. The Hall–Kier alpha value is -1.84. The summed E-state index contributed by atoms with van der Waals surface area (Å²) in [6, 6.07) is 17.5. The highest BCUT2D eigenvalue weighted by Crippen LogP contribution is 2.38. The van der Waals surface area contributed by atoms with Crippen molar-refractivity contribution in [1.82, 2.24) is 0 Å². The van der Waals surface area contributed by atoms with Gasteiger partial charge in [-0.05, 0) is 67.2 Å². The van der Waals surface area contributed by atoms with Crippen molar-refractivity contribution in [2.45, 2.75) is 96.2 Å². The molecule has 0 atom stereocenters. The molecule has 1 saturated heterocycles. The van der Waals surface area contributed by atoms with E-state index < -0.39 is 0 Å². The maximum absolute atomic E-state index is 6.11. The first-order valence-electron chi connectivity index (χ1n) is 13.8. The lowest BCUT2D eigenvalue weighted by Crippen LogP contribution is -2.25. The standard InChI is InChI=1S/C31H44O3/c1-3-5-6-7-21-32-30-19-17-28(18-20-30)31-33-22-29(23-34-31)27-15-13-26(14-16-27)25-11-9-24(8-4-2)10-12-25/h13-20,24-25,29,31H,3-12,21-23H2,1-2H3/t24-,25-,29?,31?. The van der Waals surface area contributed by atoms with Crippen LogP contribution in [0.4, 0.5) is 0 Å². The number of unbranched alkanes of at least 4 members (excludes halogenated alkanes) is 3. The highest BCUT2D eigenvalue weighted by Gasteiger charge is 2.26. The predicted octanol–water partition coefficient (Wildman–Crippen LogP) is 8.55. The Morgan fingerprint density at radius 2 is 1.29 bits per heavy atom. The van der Waals surface area contributed by atoms with Gasteiger partial charge in [-0.15, -0.1) is 0 Å². The van der Waals surface area contributed by atoms with E-state index in [1.807, 2.05) is 12.1 Å². The van der Waals surface area contributed by atoms with Crippen LogP contribution in [0.5, 0.6) is 5.75 Å². The quantitative estimate of drug-likeness (QED) is 0.312. The van der Waals surface area contributed by atoms with Gasteiger partial charge in [-0.25, -0.2) is 0 Å². The molecule has 0 radical (unpaired) electrons. The molecular weight excluding hydrogens is 420 g/mol. The average molecular weight is 465 g/mol. The molecule has 0 aromatic heterocycles. The zero-order valence-corrected chi connectivity index (χ0v) is 21.3. The first-order valence-corrected chi connectivity index (χ1v) is 13.8. The zero-order valence-electron chi connectivity index (χ0n) is 21.3. The van der Waals surface area contributed by atoms with Crippen LogP contribution in [0, 0.1) is 5.92 Å². The largest absolute Gasteiger partial charge is 0.494 e. The zero-order chi connectivity index (χ0) is 23.6. The summed E-state index contributed by atoms with van der Waals surface area (Å²) in [6.07, 6.45) is 12.8. The molecular formula is C31H44O3. The Labute approximate surface area is 207 Å². The van der Waals surface area contributed by atoms with Crippen molar-refractivity contribution in [1.29, 1.82) is 0 Å². The van der Waals surface area contributed by atoms with Crippen LogP contribution >= 0.6 is 0 Å². The minimum absolute atomic E-state index is 0.285. The van der Waals surface area contributed by atoms with E-state index in [1.54, 1.807) is 0 Å². The van der Waals surface area contributed by atoms with Gasteiger partial charge in [0.25, 0.3) is 0 Å². The number of ether oxygens (including phenoxy) is 3. The second-order valence-corrected chi connectivity index (χ2v) is 10.3. The lowest BCUT2D eigenvalue weighted by Gasteiger charge is -2.31. The summed E-state index contributed by atoms with van der Waals surface area (Å²) in [5, 5.41) is 0. The Morgan fingerprint density at radius 3 is 1.91 bits per heavy atom. The molecule has 4 rings (SSSR count). The van der Waals surface area contributed by atoms with Crippen LogP contribution in [0.15, 0.2) is 48.5 Å². The molecule has 1 heterocycles. The minimum atomic E-state index is -0.285. The van der Waals surface area contributed by atoms with Crippen LogP contribution in [0.2, 0.25) is 0 Å². The topological polar surface area (TPSA) is 27.7 Å². The molecule has 186 valence electrons. The van der Waals surface area contributed by atoms with Crippen LogP contribution in [0.25, 0.3) is 0 Å². The Balaban J connectivity index is 1.21. The van der Waals surface area contributed by atoms with Crippen molar-refractivity contribution in [2.24, 2.45) is 5.92 Å². The molecule has 1 saturated carbocycles. The molecule has 0 bridgehead atoms. The number of hydrogen-bond donors (Lipinski definition) is 0. The minimum Gasteiger partial charge on any atom is -0.494 e. The van der Waals surface area contributed by atoms with Gasteiger partial charge in [0.05, 0.1) is 19.8 Å². The number of benzene rings is 2. The Morgan fingerprint density at radius 1 is 0.676 bits per heavy atom. The van der Waals surface area contributed by atoms with Gasteiger partial charge in [0.15, 0.2) is 6.29 Å². The summed E-state index contributed by atoms with van der Waals surface area (Å²) in [5.74, 6) is 2.93. The Bertz CT molecular complexity index is 813. The van der Waals surface area contributed by atoms with Gasteiger partial charge in [-0.2, -0.15) is 0 Å². The van der Waals surface area contributed by atoms with Gasteiger partial charge in [0.2, 0.25) is 0 Å². The van der Waals surface area contributed by atoms with Gasteiger partial charge >= 0.3 is 0 Å². The second kappa shape index (κ2) is 13.3. The van der Waals surface area contributed by atoms with E-state index in [-0.39, 0.29) is 6.29 Å². The summed E-state index contributed by atoms with van der Waals surface area (Å²) in [4.78, 5) is 0. The third-order valence-corrected chi connectivity index (χ3v) is 7.74. The summed E-state index contributed by atoms with van der Waals surface area (Å²) in [7, 11) is 0. The van der Waals surface area contributed by atoms with Gasteiger partial charge in [0, 0.05) is 11.5 Å². The van der Waals surface area contributed by atoms with Gasteiger partial charge in [-0.1, -0.05) is 82.3 Å². The molecule has 34 heavy (non-hydrogen) atoms. The molecule has 2 aromatic carbocycles. The molecule has 2 fully saturated rings. The van der Waals surface area contributed by atoms with E-state index in [0.717, 1.165) is 36.2 Å². The first kappa shape index (κ1) is 25.3. The summed E-state index contributed by atoms with van der Waals surface area (Å²) in [6.45, 7) is 6.72. The maximum atomic E-state index is 6.11.